The molecule has 6 heteroatoms. The van der Waals surface area contributed by atoms with Crippen LogP contribution in [0, 0.1) is 0 Å². The number of nitrogens with one attached hydrogen (secondary N) is 2. The second kappa shape index (κ2) is 14.0. The lowest BCUT2D eigenvalue weighted by Gasteiger charge is -2.40. The van der Waals surface area contributed by atoms with Crippen molar-refractivity contribution < 1.29 is 4.74 Å². The molecular formula is C23H39IN4O. The summed E-state index contributed by atoms with van der Waals surface area (Å²) in [6, 6.07) is 10.9. The Balaban J connectivity index is 0.00000420. The van der Waals surface area contributed by atoms with E-state index < -0.39 is 0 Å². The first-order valence-corrected chi connectivity index (χ1v) is 10.6. The number of aliphatic imine (C=N–C) groups is 1. The first-order chi connectivity index (χ1) is 13.6. The molecule has 1 aliphatic heterocycles. The first-order valence-electron chi connectivity index (χ1n) is 10.6. The third kappa shape index (κ3) is 8.64. The molecule has 1 saturated heterocycles. The fourth-order valence-corrected chi connectivity index (χ4v) is 3.67. The van der Waals surface area contributed by atoms with Crippen LogP contribution in [0.2, 0.25) is 0 Å². The van der Waals surface area contributed by atoms with Crippen LogP contribution in [0.3, 0.4) is 0 Å². The normalized spacial score (nSPS) is 17.1. The van der Waals surface area contributed by atoms with E-state index in [1.54, 1.807) is 0 Å². The summed E-state index contributed by atoms with van der Waals surface area (Å²) in [6.45, 7) is 12.3. The smallest absolute Gasteiger partial charge is 0.193 e. The van der Waals surface area contributed by atoms with E-state index in [0.29, 0.717) is 0 Å². The number of halogens is 1. The molecule has 0 aromatic heterocycles. The molecule has 2 N–H and O–H groups in total. The van der Waals surface area contributed by atoms with Crippen LogP contribution in [0.1, 0.15) is 51.1 Å². The largest absolute Gasteiger partial charge is 0.381 e. The molecule has 0 bridgehead atoms. The number of hydrogen-bond acceptors (Lipinski definition) is 3. The van der Waals surface area contributed by atoms with Crippen molar-refractivity contribution >= 4 is 29.9 Å². The van der Waals surface area contributed by atoms with Gasteiger partial charge in [-0.25, -0.2) is 0 Å². The van der Waals surface area contributed by atoms with E-state index in [9.17, 15) is 0 Å². The summed E-state index contributed by atoms with van der Waals surface area (Å²) in [5.41, 5.74) is 1.28. The van der Waals surface area contributed by atoms with Crippen LogP contribution in [-0.4, -0.2) is 56.3 Å². The maximum absolute atomic E-state index is 5.66. The minimum absolute atomic E-state index is 0. The molecule has 2 rings (SSSR count). The molecule has 0 saturated carbocycles. The average Bonchev–Trinajstić information content (AvgIpc) is 2.72. The average molecular weight is 514 g/mol. The molecule has 0 aliphatic carbocycles. The molecule has 5 nitrogen and oxygen atoms in total. The topological polar surface area (TPSA) is 48.9 Å². The minimum atomic E-state index is -0.0316. The SMILES string of the molecule is C=CCCCN(C)C(=NCC1(NC(C)c2ccccc2)CCOCC1)NCC.I. The van der Waals surface area contributed by atoms with Crippen molar-refractivity contribution in [3.63, 3.8) is 0 Å². The summed E-state index contributed by atoms with van der Waals surface area (Å²) in [5, 5.41) is 7.33. The van der Waals surface area contributed by atoms with Gasteiger partial charge in [0.2, 0.25) is 0 Å². The number of allylic oxidation sites excluding steroid dienone is 1. The molecule has 1 fully saturated rings. The van der Waals surface area contributed by atoms with E-state index in [-0.39, 0.29) is 35.6 Å². The van der Waals surface area contributed by atoms with Crippen LogP contribution in [0.4, 0.5) is 0 Å². The van der Waals surface area contributed by atoms with Gasteiger partial charge in [-0.15, -0.1) is 30.6 Å². The zero-order valence-electron chi connectivity index (χ0n) is 18.3. The molecule has 1 unspecified atom stereocenters. The van der Waals surface area contributed by atoms with Gasteiger partial charge in [-0.1, -0.05) is 36.4 Å². The fourth-order valence-electron chi connectivity index (χ4n) is 3.67. The van der Waals surface area contributed by atoms with Crippen molar-refractivity contribution in [1.29, 1.82) is 0 Å². The Morgan fingerprint density at radius 3 is 2.62 bits per heavy atom. The molecule has 0 amide bonds. The number of benzene rings is 1. The third-order valence-electron chi connectivity index (χ3n) is 5.40. The van der Waals surface area contributed by atoms with E-state index in [0.717, 1.165) is 64.5 Å². The molecule has 0 radical (unpaired) electrons. The Morgan fingerprint density at radius 1 is 1.31 bits per heavy atom. The highest BCUT2D eigenvalue weighted by Gasteiger charge is 2.34. The van der Waals surface area contributed by atoms with Crippen molar-refractivity contribution in [2.75, 3.05) is 39.9 Å². The maximum atomic E-state index is 5.66. The van der Waals surface area contributed by atoms with Gasteiger partial charge in [0.1, 0.15) is 0 Å². The van der Waals surface area contributed by atoms with Gasteiger partial charge in [0.05, 0.1) is 6.54 Å². The summed E-state index contributed by atoms with van der Waals surface area (Å²) < 4.78 is 5.66. The van der Waals surface area contributed by atoms with Crippen LogP contribution in [0.25, 0.3) is 0 Å². The standard InChI is InChI=1S/C23H38N4O.HI/c1-5-7-11-16-27(4)22(24-6-2)25-19-23(14-17-28-18-15-23)26-20(3)21-12-9-8-10-13-21;/h5,8-10,12-13,20,26H,1,6-7,11,14-19H2,2-4H3,(H,24,25);1H. The second-order valence-corrected chi connectivity index (χ2v) is 7.69. The van der Waals surface area contributed by atoms with Crippen molar-refractivity contribution in [2.24, 2.45) is 4.99 Å². The Labute approximate surface area is 194 Å². The van der Waals surface area contributed by atoms with Gasteiger partial charge in [0.25, 0.3) is 0 Å². The molecule has 1 heterocycles. The van der Waals surface area contributed by atoms with Crippen LogP contribution in [0.5, 0.6) is 0 Å². The van der Waals surface area contributed by atoms with E-state index in [1.165, 1.54) is 5.56 Å². The zero-order chi connectivity index (χ0) is 20.2. The van der Waals surface area contributed by atoms with Gasteiger partial charge in [-0.2, -0.15) is 0 Å². The Kier molecular flexibility index (Phi) is 12.5. The maximum Gasteiger partial charge on any atom is 0.193 e. The summed E-state index contributed by atoms with van der Waals surface area (Å²) in [6.07, 6.45) is 6.05. The number of guanidine groups is 1. The monoisotopic (exact) mass is 514 g/mol. The quantitative estimate of drug-likeness (QED) is 0.160. The number of hydrogen-bond donors (Lipinski definition) is 2. The molecule has 0 spiro atoms. The summed E-state index contributed by atoms with van der Waals surface area (Å²) in [7, 11) is 2.11. The molecule has 1 aromatic carbocycles. The van der Waals surface area contributed by atoms with Crippen molar-refractivity contribution in [3.8, 4) is 0 Å². The molecular weight excluding hydrogens is 475 g/mol. The lowest BCUT2D eigenvalue weighted by atomic mass is 9.88. The molecule has 29 heavy (non-hydrogen) atoms. The van der Waals surface area contributed by atoms with Gasteiger partial charge >= 0.3 is 0 Å². The van der Waals surface area contributed by atoms with Gasteiger partial charge in [0.15, 0.2) is 5.96 Å². The van der Waals surface area contributed by atoms with Crippen molar-refractivity contribution in [1.82, 2.24) is 15.5 Å². The van der Waals surface area contributed by atoms with Gasteiger partial charge in [0, 0.05) is 44.9 Å². The van der Waals surface area contributed by atoms with E-state index in [4.69, 9.17) is 9.73 Å². The first kappa shape index (κ1) is 25.9. The number of unbranched alkanes of at least 4 members (excludes halogenated alkanes) is 1. The number of ether oxygens (including phenoxy) is 1. The lowest BCUT2D eigenvalue weighted by Crippen LogP contribution is -2.53. The highest BCUT2D eigenvalue weighted by atomic mass is 127. The highest BCUT2D eigenvalue weighted by Crippen LogP contribution is 2.26. The lowest BCUT2D eigenvalue weighted by molar-refractivity contribution is 0.0374. The van der Waals surface area contributed by atoms with Crippen LogP contribution in [0.15, 0.2) is 48.0 Å². The van der Waals surface area contributed by atoms with E-state index >= 15 is 0 Å². The molecule has 1 aromatic rings. The van der Waals surface area contributed by atoms with Crippen molar-refractivity contribution in [3.05, 3.63) is 48.6 Å². The molecule has 1 aliphatic rings. The fraction of sp³-hybridized carbons (Fsp3) is 0.609. The molecule has 1 atom stereocenters. The van der Waals surface area contributed by atoms with Crippen molar-refractivity contribution in [2.45, 2.75) is 51.1 Å². The number of rotatable bonds is 10. The van der Waals surface area contributed by atoms with Crippen LogP contribution in [-0.2, 0) is 4.74 Å². The summed E-state index contributed by atoms with van der Waals surface area (Å²) >= 11 is 0. The predicted octanol–water partition coefficient (Wildman–Crippen LogP) is 4.37. The Morgan fingerprint density at radius 2 is 2.00 bits per heavy atom. The number of nitrogens with zero attached hydrogens (tertiary/aromatic N) is 2. The van der Waals surface area contributed by atoms with Gasteiger partial charge in [-0.3, -0.25) is 4.99 Å². The van der Waals surface area contributed by atoms with Gasteiger partial charge in [-0.05, 0) is 45.1 Å². The summed E-state index contributed by atoms with van der Waals surface area (Å²) in [5.74, 6) is 0.978. The van der Waals surface area contributed by atoms with Crippen LogP contribution >= 0.6 is 24.0 Å². The Hall–Kier alpha value is -1.12. The minimum Gasteiger partial charge on any atom is -0.381 e. The Bertz CT molecular complexity index is 602. The predicted molar refractivity (Wildman–Crippen MR) is 134 cm³/mol. The van der Waals surface area contributed by atoms with Crippen LogP contribution < -0.4 is 10.6 Å². The third-order valence-corrected chi connectivity index (χ3v) is 5.40. The van der Waals surface area contributed by atoms with E-state index in [2.05, 4.69) is 73.3 Å². The zero-order valence-corrected chi connectivity index (χ0v) is 20.7. The van der Waals surface area contributed by atoms with E-state index in [1.807, 2.05) is 6.08 Å². The molecule has 164 valence electrons. The highest BCUT2D eigenvalue weighted by molar-refractivity contribution is 14.0. The second-order valence-electron chi connectivity index (χ2n) is 7.69. The van der Waals surface area contributed by atoms with Gasteiger partial charge < -0.3 is 20.3 Å². The summed E-state index contributed by atoms with van der Waals surface area (Å²) in [4.78, 5) is 7.25.